The van der Waals surface area contributed by atoms with E-state index in [0.29, 0.717) is 0 Å². The predicted octanol–water partition coefficient (Wildman–Crippen LogP) is 16.8. The molecule has 2 heterocycles. The van der Waals surface area contributed by atoms with Gasteiger partial charge in [-0.2, -0.15) is 0 Å². The third-order valence-electron chi connectivity index (χ3n) is 13.0. The molecule has 13 rings (SSSR count). The molecule has 13 aromatic rings. The summed E-state index contributed by atoms with van der Waals surface area (Å²) >= 11 is 0. The molecule has 0 radical (unpaired) electrons. The summed E-state index contributed by atoms with van der Waals surface area (Å²) in [6.45, 7) is 0. The minimum absolute atomic E-state index is 0.913. The van der Waals surface area contributed by atoms with Gasteiger partial charge >= 0.3 is 0 Å². The molecule has 0 aliphatic heterocycles. The second-order valence-electron chi connectivity index (χ2n) is 16.4. The normalized spacial score (nSPS) is 11.9. The number of furan rings is 1. The van der Waals surface area contributed by atoms with Crippen molar-refractivity contribution in [3.8, 4) is 50.2 Å². The summed E-state index contributed by atoms with van der Waals surface area (Å²) in [4.78, 5) is 0. The standard InChI is InChI=1S/C60H37NO/c1-2-13-42-36-43(29-26-38(42)12-1)39-24-27-40(28-25-39)58-49-16-3-5-18-51(49)59(52-19-6-4-17-50(52)58)41-30-33-45(34-31-41)61-55-22-9-7-14-47(55)54-37-44(32-35-56(54)61)46-20-11-21-53-48-15-8-10-23-57(48)62-60(46)53/h1-37H. The van der Waals surface area contributed by atoms with E-state index >= 15 is 0 Å². The second-order valence-corrected chi connectivity index (χ2v) is 16.4. The van der Waals surface area contributed by atoms with Crippen LogP contribution in [0.2, 0.25) is 0 Å². The van der Waals surface area contributed by atoms with Gasteiger partial charge in [-0.25, -0.2) is 0 Å². The first-order chi connectivity index (χ1) is 30.7. The summed E-state index contributed by atoms with van der Waals surface area (Å²) < 4.78 is 8.87. The molecular formula is C60H37NO. The largest absolute Gasteiger partial charge is 0.455 e. The monoisotopic (exact) mass is 787 g/mol. The lowest BCUT2D eigenvalue weighted by molar-refractivity contribution is 0.670. The predicted molar refractivity (Wildman–Crippen MR) is 262 cm³/mol. The van der Waals surface area contributed by atoms with Gasteiger partial charge in [0.05, 0.1) is 11.0 Å². The van der Waals surface area contributed by atoms with Crippen molar-refractivity contribution < 1.29 is 4.42 Å². The van der Waals surface area contributed by atoms with Crippen molar-refractivity contribution in [2.45, 2.75) is 0 Å². The molecule has 11 aromatic carbocycles. The van der Waals surface area contributed by atoms with Crippen LogP contribution in [-0.2, 0) is 0 Å². The van der Waals surface area contributed by atoms with Gasteiger partial charge < -0.3 is 8.98 Å². The number of aromatic nitrogens is 1. The summed E-state index contributed by atoms with van der Waals surface area (Å²) in [5.41, 5.74) is 14.9. The number of rotatable bonds is 5. The van der Waals surface area contributed by atoms with Gasteiger partial charge in [-0.15, -0.1) is 0 Å². The number of fused-ring (bicyclic) bond motifs is 9. The Morgan fingerprint density at radius 1 is 0.290 bits per heavy atom. The zero-order chi connectivity index (χ0) is 40.7. The third kappa shape index (κ3) is 5.30. The Hall–Kier alpha value is -8.20. The highest BCUT2D eigenvalue weighted by Crippen LogP contribution is 2.45. The Kier molecular flexibility index (Phi) is 7.64. The van der Waals surface area contributed by atoms with E-state index < -0.39 is 0 Å². The van der Waals surface area contributed by atoms with Crippen LogP contribution in [0, 0.1) is 0 Å². The maximum absolute atomic E-state index is 6.47. The lowest BCUT2D eigenvalue weighted by atomic mass is 9.85. The van der Waals surface area contributed by atoms with Crippen LogP contribution in [0.1, 0.15) is 0 Å². The van der Waals surface area contributed by atoms with Crippen molar-refractivity contribution in [2.24, 2.45) is 0 Å². The van der Waals surface area contributed by atoms with E-state index in [-0.39, 0.29) is 0 Å². The van der Waals surface area contributed by atoms with Crippen LogP contribution < -0.4 is 0 Å². The first-order valence-electron chi connectivity index (χ1n) is 21.3. The van der Waals surface area contributed by atoms with E-state index in [1.54, 1.807) is 0 Å². The quantitative estimate of drug-likeness (QED) is 0.159. The summed E-state index contributed by atoms with van der Waals surface area (Å²) in [5.74, 6) is 0. The van der Waals surface area contributed by atoms with Crippen molar-refractivity contribution in [2.75, 3.05) is 0 Å². The number of para-hydroxylation sites is 3. The molecule has 288 valence electrons. The van der Waals surface area contributed by atoms with E-state index in [2.05, 4.69) is 217 Å². The first-order valence-corrected chi connectivity index (χ1v) is 21.3. The van der Waals surface area contributed by atoms with Crippen LogP contribution in [-0.4, -0.2) is 4.57 Å². The maximum atomic E-state index is 6.47. The van der Waals surface area contributed by atoms with Gasteiger partial charge in [-0.3, -0.25) is 0 Å². The third-order valence-corrected chi connectivity index (χ3v) is 13.0. The van der Waals surface area contributed by atoms with Crippen molar-refractivity contribution in [1.82, 2.24) is 4.57 Å². The fraction of sp³-hybridized carbons (Fsp3) is 0. The lowest BCUT2D eigenvalue weighted by Crippen LogP contribution is -1.95. The average Bonchev–Trinajstić information content (AvgIpc) is 3.89. The number of hydrogen-bond donors (Lipinski definition) is 0. The molecule has 0 aliphatic carbocycles. The summed E-state index contributed by atoms with van der Waals surface area (Å²) in [7, 11) is 0. The molecule has 62 heavy (non-hydrogen) atoms. The van der Waals surface area contributed by atoms with Crippen LogP contribution in [0.3, 0.4) is 0 Å². The van der Waals surface area contributed by atoms with E-state index in [4.69, 9.17) is 4.42 Å². The summed E-state index contributed by atoms with van der Waals surface area (Å²) in [5, 5.41) is 12.2. The molecule has 0 bridgehead atoms. The Labute approximate surface area is 358 Å². The average molecular weight is 788 g/mol. The molecule has 0 N–H and O–H groups in total. The van der Waals surface area contributed by atoms with Crippen LogP contribution in [0.4, 0.5) is 0 Å². The minimum Gasteiger partial charge on any atom is -0.455 e. The SMILES string of the molecule is c1ccc2cc(-c3ccc(-c4c5ccccc5c(-c5ccc(-n6c7ccccc7c7cc(-c8cccc9c8oc8ccccc89)ccc76)cc5)c5ccccc45)cc3)ccc2c1. The molecule has 0 amide bonds. The Morgan fingerprint density at radius 3 is 1.52 bits per heavy atom. The fourth-order valence-electron chi connectivity index (χ4n) is 10.1. The molecule has 2 nitrogen and oxygen atoms in total. The zero-order valence-corrected chi connectivity index (χ0v) is 33.7. The van der Waals surface area contributed by atoms with Crippen LogP contribution in [0.5, 0.6) is 0 Å². The van der Waals surface area contributed by atoms with Crippen molar-refractivity contribution >= 4 is 76.1 Å². The molecule has 0 aliphatic rings. The van der Waals surface area contributed by atoms with Gasteiger partial charge in [0, 0.05) is 32.8 Å². The van der Waals surface area contributed by atoms with Crippen molar-refractivity contribution in [1.29, 1.82) is 0 Å². The fourth-order valence-corrected chi connectivity index (χ4v) is 10.1. The van der Waals surface area contributed by atoms with Gasteiger partial charge in [-0.05, 0) is 114 Å². The summed E-state index contributed by atoms with van der Waals surface area (Å²) in [6.07, 6.45) is 0. The molecule has 0 atom stereocenters. The van der Waals surface area contributed by atoms with Gasteiger partial charge in [0.2, 0.25) is 0 Å². The second kappa shape index (κ2) is 13.7. The highest BCUT2D eigenvalue weighted by atomic mass is 16.3. The van der Waals surface area contributed by atoms with Crippen molar-refractivity contribution in [3.05, 3.63) is 224 Å². The number of nitrogens with zero attached hydrogens (tertiary/aromatic N) is 1. The maximum Gasteiger partial charge on any atom is 0.143 e. The molecule has 0 unspecified atom stereocenters. The first kappa shape index (κ1) is 34.6. The van der Waals surface area contributed by atoms with Gasteiger partial charge in [0.1, 0.15) is 11.2 Å². The summed E-state index contributed by atoms with van der Waals surface area (Å²) in [6, 6.07) is 81.8. The molecular weight excluding hydrogens is 751 g/mol. The smallest absolute Gasteiger partial charge is 0.143 e. The number of benzene rings is 11. The topological polar surface area (TPSA) is 18.1 Å². The van der Waals surface area contributed by atoms with Crippen LogP contribution >= 0.6 is 0 Å². The van der Waals surface area contributed by atoms with E-state index in [1.807, 2.05) is 12.1 Å². The molecule has 2 heteroatoms. The Bertz CT molecular complexity index is 3850. The van der Waals surface area contributed by atoms with Gasteiger partial charge in [0.25, 0.3) is 0 Å². The van der Waals surface area contributed by atoms with Crippen molar-refractivity contribution in [3.63, 3.8) is 0 Å². The highest BCUT2D eigenvalue weighted by Gasteiger charge is 2.19. The minimum atomic E-state index is 0.913. The Balaban J connectivity index is 0.919. The molecule has 0 saturated heterocycles. The lowest BCUT2D eigenvalue weighted by Gasteiger charge is -2.18. The molecule has 0 saturated carbocycles. The number of hydrogen-bond acceptors (Lipinski definition) is 1. The van der Waals surface area contributed by atoms with Gasteiger partial charge in [0.15, 0.2) is 0 Å². The molecule has 0 spiro atoms. The molecule has 2 aromatic heterocycles. The highest BCUT2D eigenvalue weighted by molar-refractivity contribution is 6.21. The van der Waals surface area contributed by atoms with Crippen LogP contribution in [0.25, 0.3) is 126 Å². The van der Waals surface area contributed by atoms with E-state index in [9.17, 15) is 0 Å². The Morgan fingerprint density at radius 2 is 0.806 bits per heavy atom. The molecule has 0 fully saturated rings. The zero-order valence-electron chi connectivity index (χ0n) is 33.7. The van der Waals surface area contributed by atoms with E-state index in [0.717, 1.165) is 38.8 Å². The van der Waals surface area contributed by atoms with Crippen LogP contribution in [0.15, 0.2) is 229 Å². The van der Waals surface area contributed by atoms with Gasteiger partial charge in [-0.1, -0.05) is 182 Å². The van der Waals surface area contributed by atoms with E-state index in [1.165, 1.54) is 87.5 Å².